The van der Waals surface area contributed by atoms with Crippen LogP contribution < -0.4 is 5.32 Å². The van der Waals surface area contributed by atoms with Gasteiger partial charge in [-0.05, 0) is 49.4 Å². The molecule has 32 heavy (non-hydrogen) atoms. The predicted molar refractivity (Wildman–Crippen MR) is 120 cm³/mol. The van der Waals surface area contributed by atoms with Crippen molar-refractivity contribution in [1.82, 2.24) is 14.8 Å². The fourth-order valence-corrected chi connectivity index (χ4v) is 4.82. The molecule has 0 atom stereocenters. The number of hydrogen-bond acceptors (Lipinski definition) is 4. The molecular weight excluding hydrogens is 407 g/mol. The minimum absolute atomic E-state index is 0.167. The highest BCUT2D eigenvalue weighted by Crippen LogP contribution is 2.37. The molecule has 0 aliphatic carbocycles. The summed E-state index contributed by atoms with van der Waals surface area (Å²) in [6.45, 7) is 1.85. The molecule has 0 unspecified atom stereocenters. The van der Waals surface area contributed by atoms with Crippen molar-refractivity contribution >= 4 is 11.6 Å². The Kier molecular flexibility index (Phi) is 5.74. The highest BCUT2D eigenvalue weighted by molar-refractivity contribution is 5.99. The van der Waals surface area contributed by atoms with Crippen molar-refractivity contribution < 1.29 is 13.9 Å². The number of anilines is 1. The van der Waals surface area contributed by atoms with Gasteiger partial charge < -0.3 is 14.6 Å². The van der Waals surface area contributed by atoms with Crippen molar-refractivity contribution in [3.8, 4) is 11.4 Å². The zero-order valence-corrected chi connectivity index (χ0v) is 18.0. The number of nitrogens with one attached hydrogen (secondary N) is 1. The summed E-state index contributed by atoms with van der Waals surface area (Å²) in [6.07, 6.45) is 5.36. The van der Waals surface area contributed by atoms with Crippen LogP contribution in [0.1, 0.15) is 43.5 Å². The van der Waals surface area contributed by atoms with Gasteiger partial charge in [-0.2, -0.15) is 0 Å². The normalized spacial score (nSPS) is 17.9. The first kappa shape index (κ1) is 20.8. The Morgan fingerprint density at radius 1 is 1.03 bits per heavy atom. The van der Waals surface area contributed by atoms with Crippen molar-refractivity contribution in [1.29, 1.82) is 0 Å². The Hall–Kier alpha value is -3.06. The topological polar surface area (TPSA) is 69.0 Å². The van der Waals surface area contributed by atoms with E-state index in [1.54, 1.807) is 12.1 Å². The molecule has 3 aromatic rings. The molecule has 7 heteroatoms. The van der Waals surface area contributed by atoms with Gasteiger partial charge in [0, 0.05) is 31.7 Å². The third kappa shape index (κ3) is 3.81. The average Bonchev–Trinajstić information content (AvgIpc) is 3.09. The lowest BCUT2D eigenvalue weighted by molar-refractivity contribution is -0.125. The first-order valence-electron chi connectivity index (χ1n) is 11.3. The number of carbonyl (C=O) groups is 1. The van der Waals surface area contributed by atoms with E-state index in [2.05, 4.69) is 20.1 Å². The number of hydrogen-bond donors (Lipinski definition) is 1. The lowest BCUT2D eigenvalue weighted by Crippen LogP contribution is -2.45. The van der Waals surface area contributed by atoms with Crippen LogP contribution in [0.4, 0.5) is 10.1 Å². The van der Waals surface area contributed by atoms with Crippen molar-refractivity contribution in [3.63, 3.8) is 0 Å². The van der Waals surface area contributed by atoms with E-state index < -0.39 is 11.2 Å². The number of ether oxygens (including phenoxy) is 1. The summed E-state index contributed by atoms with van der Waals surface area (Å²) in [4.78, 5) is 13.6. The van der Waals surface area contributed by atoms with Crippen molar-refractivity contribution in [2.75, 3.05) is 18.5 Å². The molecule has 1 fully saturated rings. The van der Waals surface area contributed by atoms with Gasteiger partial charge in [0.05, 0.1) is 11.1 Å². The second-order valence-electron chi connectivity index (χ2n) is 8.61. The number of fused-ring (bicyclic) bond motifs is 1. The van der Waals surface area contributed by atoms with Crippen LogP contribution in [0.2, 0.25) is 0 Å². The fraction of sp³-hybridized carbons (Fsp3) is 0.400. The molecule has 0 spiro atoms. The molecule has 1 N–H and O–H groups in total. The molecule has 166 valence electrons. The van der Waals surface area contributed by atoms with Gasteiger partial charge in [0.15, 0.2) is 5.82 Å². The number of nitrogens with zero attached hydrogens (tertiary/aromatic N) is 3. The lowest BCUT2D eigenvalue weighted by atomic mass is 9.73. The third-order valence-electron chi connectivity index (χ3n) is 6.69. The number of carbonyl (C=O) groups excluding carboxylic acids is 1. The largest absolute Gasteiger partial charge is 0.381 e. The second-order valence-corrected chi connectivity index (χ2v) is 8.61. The van der Waals surface area contributed by atoms with E-state index in [-0.39, 0.29) is 11.6 Å². The SMILES string of the molecule is O=C(Nc1cc(-c2nnc3n2CCCCC3)ccc1F)C1(c2ccccc2)CCOCC1. The zero-order valence-electron chi connectivity index (χ0n) is 18.0. The first-order valence-corrected chi connectivity index (χ1v) is 11.3. The third-order valence-corrected chi connectivity index (χ3v) is 6.69. The maximum Gasteiger partial charge on any atom is 0.235 e. The van der Waals surface area contributed by atoms with Gasteiger partial charge in [-0.3, -0.25) is 4.79 Å². The van der Waals surface area contributed by atoms with Crippen molar-refractivity contribution in [2.45, 2.75) is 50.5 Å². The Morgan fingerprint density at radius 2 is 1.84 bits per heavy atom. The number of aryl methyl sites for hydroxylation is 1. The molecule has 5 rings (SSSR count). The van der Waals surface area contributed by atoms with Gasteiger partial charge in [-0.15, -0.1) is 10.2 Å². The quantitative estimate of drug-likeness (QED) is 0.657. The summed E-state index contributed by atoms with van der Waals surface area (Å²) in [5.74, 6) is 1.02. The van der Waals surface area contributed by atoms with E-state index in [0.717, 1.165) is 48.6 Å². The smallest absolute Gasteiger partial charge is 0.235 e. The van der Waals surface area contributed by atoms with E-state index in [9.17, 15) is 9.18 Å². The molecule has 1 aromatic heterocycles. The van der Waals surface area contributed by atoms with Crippen molar-refractivity contribution in [3.05, 3.63) is 65.7 Å². The van der Waals surface area contributed by atoms with Crippen LogP contribution in [0.5, 0.6) is 0 Å². The molecule has 1 amide bonds. The molecule has 0 radical (unpaired) electrons. The molecule has 1 saturated heterocycles. The summed E-state index contributed by atoms with van der Waals surface area (Å²) in [6, 6.07) is 14.5. The Labute approximate surface area is 186 Å². The fourth-order valence-electron chi connectivity index (χ4n) is 4.82. The molecule has 2 aromatic carbocycles. The highest BCUT2D eigenvalue weighted by atomic mass is 19.1. The van der Waals surface area contributed by atoms with Crippen LogP contribution in [0.3, 0.4) is 0 Å². The van der Waals surface area contributed by atoms with Crippen LogP contribution in [0, 0.1) is 5.82 Å². The zero-order chi connectivity index (χ0) is 22.0. The Bertz CT molecular complexity index is 1110. The Balaban J connectivity index is 1.47. The number of aromatic nitrogens is 3. The summed E-state index contributed by atoms with van der Waals surface area (Å²) < 4.78 is 22.4. The van der Waals surface area contributed by atoms with E-state index >= 15 is 0 Å². The molecule has 0 saturated carbocycles. The average molecular weight is 435 g/mol. The van der Waals surface area contributed by atoms with Gasteiger partial charge >= 0.3 is 0 Å². The summed E-state index contributed by atoms with van der Waals surface area (Å²) in [5.41, 5.74) is 1.11. The summed E-state index contributed by atoms with van der Waals surface area (Å²) >= 11 is 0. The predicted octanol–water partition coefficient (Wildman–Crippen LogP) is 4.50. The highest BCUT2D eigenvalue weighted by Gasteiger charge is 2.42. The monoisotopic (exact) mass is 434 g/mol. The lowest BCUT2D eigenvalue weighted by Gasteiger charge is -2.36. The van der Waals surface area contributed by atoms with Crippen LogP contribution in [-0.4, -0.2) is 33.9 Å². The molecule has 2 aliphatic rings. The van der Waals surface area contributed by atoms with E-state index in [4.69, 9.17) is 4.74 Å². The van der Waals surface area contributed by atoms with E-state index in [0.29, 0.717) is 26.1 Å². The second kappa shape index (κ2) is 8.82. The van der Waals surface area contributed by atoms with Crippen molar-refractivity contribution in [2.24, 2.45) is 0 Å². The van der Waals surface area contributed by atoms with Gasteiger partial charge in [-0.1, -0.05) is 36.8 Å². The molecule has 6 nitrogen and oxygen atoms in total. The number of halogens is 1. The van der Waals surface area contributed by atoms with Crippen LogP contribution >= 0.6 is 0 Å². The van der Waals surface area contributed by atoms with Gasteiger partial charge in [0.2, 0.25) is 5.91 Å². The molecule has 0 bridgehead atoms. The first-order chi connectivity index (χ1) is 15.7. The number of amides is 1. The van der Waals surface area contributed by atoms with Gasteiger partial charge in [-0.25, -0.2) is 4.39 Å². The van der Waals surface area contributed by atoms with Crippen LogP contribution in [-0.2, 0) is 27.9 Å². The van der Waals surface area contributed by atoms with Gasteiger partial charge in [0.1, 0.15) is 11.6 Å². The number of rotatable bonds is 4. The maximum absolute atomic E-state index is 14.8. The number of benzene rings is 2. The van der Waals surface area contributed by atoms with E-state index in [1.807, 2.05) is 30.3 Å². The standard InChI is InChI=1S/C25H27FN4O2/c26-20-11-10-18(23-29-28-22-9-5-2-6-14-30(22)23)17-21(20)27-24(31)25(12-15-32-16-13-25)19-7-3-1-4-8-19/h1,3-4,7-8,10-11,17H,2,5-6,9,12-16H2,(H,27,31). The van der Waals surface area contributed by atoms with Crippen LogP contribution in [0.25, 0.3) is 11.4 Å². The molecule has 2 aliphatic heterocycles. The minimum Gasteiger partial charge on any atom is -0.381 e. The molecule has 3 heterocycles. The summed E-state index contributed by atoms with van der Waals surface area (Å²) in [5, 5.41) is 11.6. The van der Waals surface area contributed by atoms with Crippen LogP contribution in [0.15, 0.2) is 48.5 Å². The maximum atomic E-state index is 14.8. The van der Waals surface area contributed by atoms with E-state index in [1.165, 1.54) is 12.5 Å². The summed E-state index contributed by atoms with van der Waals surface area (Å²) in [7, 11) is 0. The molecular formula is C25H27FN4O2. The minimum atomic E-state index is -0.742. The Morgan fingerprint density at radius 3 is 2.66 bits per heavy atom. The van der Waals surface area contributed by atoms with Gasteiger partial charge in [0.25, 0.3) is 0 Å².